The Morgan fingerprint density at radius 2 is 1.96 bits per heavy atom. The Balaban J connectivity index is 1.98. The van der Waals surface area contributed by atoms with E-state index in [1.54, 1.807) is 24.3 Å². The number of amides is 1. The molecule has 2 aromatic rings. The maximum atomic E-state index is 12.4. The van der Waals surface area contributed by atoms with E-state index >= 15 is 0 Å². The quantitative estimate of drug-likeness (QED) is 0.922. The molecule has 0 aliphatic heterocycles. The Morgan fingerprint density at radius 3 is 2.61 bits per heavy atom. The fourth-order valence-corrected chi connectivity index (χ4v) is 2.23. The van der Waals surface area contributed by atoms with Crippen molar-refractivity contribution in [2.45, 2.75) is 26.4 Å². The predicted molar refractivity (Wildman–Crippen MR) is 91.9 cm³/mol. The van der Waals surface area contributed by atoms with Gasteiger partial charge in [-0.1, -0.05) is 35.9 Å². The fraction of sp³-hybridized carbons (Fsp3) is 0.263. The Kier molecular flexibility index (Phi) is 5.51. The second-order valence-corrected chi connectivity index (χ2v) is 5.76. The van der Waals surface area contributed by atoms with Crippen molar-refractivity contribution in [3.8, 4) is 6.07 Å². The molecule has 118 valence electrons. The molecule has 4 heteroatoms. The Labute approximate surface area is 137 Å². The molecule has 1 atom stereocenters. The number of carbonyl (C=O) groups is 1. The number of rotatable bonds is 5. The SMILES string of the molecule is Cc1ccc(CN(C)[C@H](C)C(=O)Nc2cccc(C#N)c2)cc1. The summed E-state index contributed by atoms with van der Waals surface area (Å²) in [4.78, 5) is 14.4. The van der Waals surface area contributed by atoms with Crippen molar-refractivity contribution in [1.29, 1.82) is 5.26 Å². The number of carbonyl (C=O) groups excluding carboxylic acids is 1. The third-order valence-corrected chi connectivity index (χ3v) is 3.85. The van der Waals surface area contributed by atoms with Crippen LogP contribution in [-0.4, -0.2) is 23.9 Å². The molecule has 0 fully saturated rings. The first-order chi connectivity index (χ1) is 11.0. The van der Waals surface area contributed by atoms with E-state index in [0.717, 1.165) is 0 Å². The van der Waals surface area contributed by atoms with Crippen molar-refractivity contribution in [3.63, 3.8) is 0 Å². The molecule has 0 aliphatic carbocycles. The topological polar surface area (TPSA) is 56.1 Å². The number of likely N-dealkylation sites (N-methyl/N-ethyl adjacent to an activating group) is 1. The van der Waals surface area contributed by atoms with Gasteiger partial charge in [-0.05, 0) is 44.7 Å². The molecule has 2 aromatic carbocycles. The summed E-state index contributed by atoms with van der Waals surface area (Å²) in [6.07, 6.45) is 0. The maximum absolute atomic E-state index is 12.4. The molecule has 0 unspecified atom stereocenters. The number of nitrogens with one attached hydrogen (secondary N) is 1. The lowest BCUT2D eigenvalue weighted by molar-refractivity contribution is -0.120. The molecule has 0 radical (unpaired) electrons. The first kappa shape index (κ1) is 16.7. The van der Waals surface area contributed by atoms with Crippen LogP contribution in [0.25, 0.3) is 0 Å². The minimum absolute atomic E-state index is 0.0882. The van der Waals surface area contributed by atoms with E-state index in [4.69, 9.17) is 5.26 Å². The number of hydrogen-bond donors (Lipinski definition) is 1. The second-order valence-electron chi connectivity index (χ2n) is 5.76. The van der Waals surface area contributed by atoms with Crippen LogP contribution in [0.5, 0.6) is 0 Å². The lowest BCUT2D eigenvalue weighted by Gasteiger charge is -2.24. The fourth-order valence-electron chi connectivity index (χ4n) is 2.23. The van der Waals surface area contributed by atoms with Gasteiger partial charge in [-0.3, -0.25) is 9.69 Å². The highest BCUT2D eigenvalue weighted by atomic mass is 16.2. The largest absolute Gasteiger partial charge is 0.325 e. The minimum Gasteiger partial charge on any atom is -0.325 e. The van der Waals surface area contributed by atoms with Crippen LogP contribution in [0.2, 0.25) is 0 Å². The van der Waals surface area contributed by atoms with Crippen molar-refractivity contribution in [1.82, 2.24) is 4.90 Å². The van der Waals surface area contributed by atoms with Crippen LogP contribution in [0.1, 0.15) is 23.6 Å². The number of benzene rings is 2. The van der Waals surface area contributed by atoms with E-state index in [-0.39, 0.29) is 11.9 Å². The van der Waals surface area contributed by atoms with Crippen LogP contribution < -0.4 is 5.32 Å². The average molecular weight is 307 g/mol. The molecule has 1 N–H and O–H groups in total. The van der Waals surface area contributed by atoms with E-state index in [2.05, 4.69) is 42.6 Å². The molecule has 23 heavy (non-hydrogen) atoms. The van der Waals surface area contributed by atoms with Crippen molar-refractivity contribution in [2.75, 3.05) is 12.4 Å². The monoisotopic (exact) mass is 307 g/mol. The average Bonchev–Trinajstić information content (AvgIpc) is 2.56. The third-order valence-electron chi connectivity index (χ3n) is 3.85. The molecule has 1 amide bonds. The van der Waals surface area contributed by atoms with E-state index in [0.29, 0.717) is 17.8 Å². The summed E-state index contributed by atoms with van der Waals surface area (Å²) < 4.78 is 0. The van der Waals surface area contributed by atoms with Gasteiger partial charge in [0.25, 0.3) is 0 Å². The zero-order valence-electron chi connectivity index (χ0n) is 13.7. The molecule has 0 heterocycles. The van der Waals surface area contributed by atoms with Crippen LogP contribution in [0, 0.1) is 18.3 Å². The van der Waals surface area contributed by atoms with Gasteiger partial charge in [0.15, 0.2) is 0 Å². The minimum atomic E-state index is -0.276. The number of aryl methyl sites for hydroxylation is 1. The van der Waals surface area contributed by atoms with Gasteiger partial charge in [0.05, 0.1) is 17.7 Å². The van der Waals surface area contributed by atoms with Crippen LogP contribution in [-0.2, 0) is 11.3 Å². The number of hydrogen-bond acceptors (Lipinski definition) is 3. The second kappa shape index (κ2) is 7.57. The summed E-state index contributed by atoms with van der Waals surface area (Å²) in [6.45, 7) is 4.63. The molecule has 0 bridgehead atoms. The molecule has 0 saturated heterocycles. The van der Waals surface area contributed by atoms with Gasteiger partial charge in [-0.2, -0.15) is 5.26 Å². The Hall–Kier alpha value is -2.64. The van der Waals surface area contributed by atoms with Gasteiger partial charge in [0, 0.05) is 12.2 Å². The van der Waals surface area contributed by atoms with Crippen LogP contribution >= 0.6 is 0 Å². The van der Waals surface area contributed by atoms with E-state index in [1.165, 1.54) is 11.1 Å². The number of nitrogens with zero attached hydrogens (tertiary/aromatic N) is 2. The summed E-state index contributed by atoms with van der Waals surface area (Å²) in [5, 5.41) is 11.8. The Bertz CT molecular complexity index is 716. The Morgan fingerprint density at radius 1 is 1.26 bits per heavy atom. The molecule has 0 saturated carbocycles. The van der Waals surface area contributed by atoms with Crippen molar-refractivity contribution in [2.24, 2.45) is 0 Å². The highest BCUT2D eigenvalue weighted by Crippen LogP contribution is 2.12. The van der Waals surface area contributed by atoms with E-state index in [9.17, 15) is 4.79 Å². The van der Waals surface area contributed by atoms with Gasteiger partial charge in [0.1, 0.15) is 0 Å². The first-order valence-corrected chi connectivity index (χ1v) is 7.56. The standard InChI is InChI=1S/C19H21N3O/c1-14-7-9-16(10-8-14)13-22(3)15(2)19(23)21-18-6-4-5-17(11-18)12-20/h4-11,15H,13H2,1-3H3,(H,21,23)/t15-/m1/s1. The number of anilines is 1. The van der Waals surface area contributed by atoms with E-state index in [1.807, 2.05) is 18.9 Å². The summed E-state index contributed by atoms with van der Waals surface area (Å²) in [7, 11) is 1.93. The molecule has 0 aliphatic rings. The van der Waals surface area contributed by atoms with Crippen molar-refractivity contribution >= 4 is 11.6 Å². The van der Waals surface area contributed by atoms with E-state index < -0.39 is 0 Å². The molecule has 0 aromatic heterocycles. The van der Waals surface area contributed by atoms with Crippen LogP contribution in [0.15, 0.2) is 48.5 Å². The third kappa shape index (κ3) is 4.67. The summed E-state index contributed by atoms with van der Waals surface area (Å²) in [6, 6.07) is 17.0. The zero-order valence-corrected chi connectivity index (χ0v) is 13.7. The van der Waals surface area contributed by atoms with Crippen LogP contribution in [0.4, 0.5) is 5.69 Å². The first-order valence-electron chi connectivity index (χ1n) is 7.56. The molecule has 2 rings (SSSR count). The molecule has 4 nitrogen and oxygen atoms in total. The predicted octanol–water partition coefficient (Wildman–Crippen LogP) is 3.33. The van der Waals surface area contributed by atoms with Crippen molar-refractivity contribution < 1.29 is 4.79 Å². The highest BCUT2D eigenvalue weighted by Gasteiger charge is 2.18. The van der Waals surface area contributed by atoms with Gasteiger partial charge < -0.3 is 5.32 Å². The smallest absolute Gasteiger partial charge is 0.241 e. The normalized spacial score (nSPS) is 11.8. The lowest BCUT2D eigenvalue weighted by atomic mass is 10.1. The van der Waals surface area contributed by atoms with Gasteiger partial charge in [-0.15, -0.1) is 0 Å². The number of nitriles is 1. The zero-order chi connectivity index (χ0) is 16.8. The molecular formula is C19H21N3O. The van der Waals surface area contributed by atoms with Crippen LogP contribution in [0.3, 0.4) is 0 Å². The summed E-state index contributed by atoms with van der Waals surface area (Å²) in [5.74, 6) is -0.0882. The van der Waals surface area contributed by atoms with Gasteiger partial charge in [0.2, 0.25) is 5.91 Å². The van der Waals surface area contributed by atoms with Crippen molar-refractivity contribution in [3.05, 3.63) is 65.2 Å². The molecular weight excluding hydrogens is 286 g/mol. The maximum Gasteiger partial charge on any atom is 0.241 e. The molecule has 0 spiro atoms. The highest BCUT2D eigenvalue weighted by molar-refractivity contribution is 5.94. The van der Waals surface area contributed by atoms with Gasteiger partial charge >= 0.3 is 0 Å². The lowest BCUT2D eigenvalue weighted by Crippen LogP contribution is -2.39. The summed E-state index contributed by atoms with van der Waals surface area (Å²) in [5.41, 5.74) is 3.57. The van der Waals surface area contributed by atoms with Gasteiger partial charge in [-0.25, -0.2) is 0 Å². The summed E-state index contributed by atoms with van der Waals surface area (Å²) >= 11 is 0.